The molecule has 0 aliphatic rings. The fourth-order valence-electron chi connectivity index (χ4n) is 3.06. The van der Waals surface area contributed by atoms with E-state index in [0.717, 1.165) is 38.5 Å². The Morgan fingerprint density at radius 3 is 1.21 bits per heavy atom. The zero-order valence-corrected chi connectivity index (χ0v) is 15.1. The summed E-state index contributed by atoms with van der Waals surface area (Å²) in [5.41, 5.74) is -1.57. The summed E-state index contributed by atoms with van der Waals surface area (Å²) in [4.78, 5) is 23.2. The number of unbranched alkanes of at least 4 members (excludes halogenated alkanes) is 10. The Morgan fingerprint density at radius 1 is 0.625 bits per heavy atom. The Morgan fingerprint density at radius 2 is 0.917 bits per heavy atom. The van der Waals surface area contributed by atoms with Gasteiger partial charge in [0.05, 0.1) is 0 Å². The third-order valence-electron chi connectivity index (χ3n) is 4.73. The van der Waals surface area contributed by atoms with Gasteiger partial charge in [0, 0.05) is 0 Å². The number of aliphatic carboxylic acids is 2. The first-order chi connectivity index (χ1) is 11.0. The number of rotatable bonds is 16. The van der Waals surface area contributed by atoms with Gasteiger partial charge in [-0.1, -0.05) is 90.9 Å². The summed E-state index contributed by atoms with van der Waals surface area (Å²) in [7, 11) is 0. The normalized spacial score (nSPS) is 11.1. The number of carbonyl (C=O) groups is 2. The van der Waals surface area contributed by atoms with Crippen LogP contribution in [0.2, 0.25) is 0 Å². The molecule has 5 heteroatoms. The summed E-state index contributed by atoms with van der Waals surface area (Å²) >= 11 is 0. The predicted octanol–water partition coefficient (Wildman–Crippen LogP) is 4.99. The maximum atomic E-state index is 11.6. The van der Waals surface area contributed by atoms with Crippen LogP contribution >= 0.6 is 0 Å². The average Bonchev–Trinajstić information content (AvgIpc) is 2.51. The topological polar surface area (TPSA) is 74.6 Å². The summed E-state index contributed by atoms with van der Waals surface area (Å²) in [6, 6.07) is 0. The van der Waals surface area contributed by atoms with Gasteiger partial charge < -0.3 is 10.2 Å². The van der Waals surface area contributed by atoms with Crippen molar-refractivity contribution in [3.05, 3.63) is 0 Å². The Kier molecular flexibility index (Phi) is 17.9. The van der Waals surface area contributed by atoms with Crippen molar-refractivity contribution in [2.24, 2.45) is 5.41 Å². The van der Waals surface area contributed by atoms with Gasteiger partial charge in [0.1, 0.15) is 0 Å². The zero-order chi connectivity index (χ0) is 17.6. The van der Waals surface area contributed by atoms with Crippen LogP contribution in [0.3, 0.4) is 0 Å². The van der Waals surface area contributed by atoms with Crippen LogP contribution in [0.15, 0.2) is 0 Å². The number of carboxylic acid groups (broad SMARTS) is 2. The summed E-state index contributed by atoms with van der Waals surface area (Å²) in [5.74, 6) is -2.32. The van der Waals surface area contributed by atoms with Crippen LogP contribution < -0.4 is 0 Å². The van der Waals surface area contributed by atoms with E-state index in [0.29, 0.717) is 12.8 Å². The third-order valence-corrected chi connectivity index (χ3v) is 4.73. The summed E-state index contributed by atoms with van der Waals surface area (Å²) < 4.78 is 0. The molecule has 0 unspecified atom stereocenters. The molecule has 0 aliphatic carbocycles. The predicted molar refractivity (Wildman–Crippen MR) is 101 cm³/mol. The van der Waals surface area contributed by atoms with Crippen molar-refractivity contribution in [3.8, 4) is 0 Å². The van der Waals surface area contributed by atoms with Crippen LogP contribution in [0, 0.1) is 5.41 Å². The van der Waals surface area contributed by atoms with Gasteiger partial charge in [0.15, 0.2) is 5.41 Å². The Balaban J connectivity index is 0. The SMILES string of the molecule is CCCCCCCCC(CCCCCCCC)(C(=O)O)C(=O)O.[NaH]. The molecule has 0 spiro atoms. The van der Waals surface area contributed by atoms with E-state index in [4.69, 9.17) is 0 Å². The Hall–Kier alpha value is -0.0600. The van der Waals surface area contributed by atoms with Crippen LogP contribution in [-0.2, 0) is 9.59 Å². The van der Waals surface area contributed by atoms with Gasteiger partial charge in [-0.15, -0.1) is 0 Å². The fraction of sp³-hybridized carbons (Fsp3) is 0.895. The van der Waals surface area contributed by atoms with Gasteiger partial charge >= 0.3 is 41.5 Å². The molecule has 0 aromatic rings. The average molecular weight is 352 g/mol. The molecule has 0 aromatic carbocycles. The molecule has 0 fully saturated rings. The van der Waals surface area contributed by atoms with E-state index in [1.54, 1.807) is 0 Å². The van der Waals surface area contributed by atoms with Crippen molar-refractivity contribution in [1.29, 1.82) is 0 Å². The summed E-state index contributed by atoms with van der Waals surface area (Å²) in [6.07, 6.45) is 13.0. The van der Waals surface area contributed by atoms with Gasteiger partial charge in [-0.05, 0) is 12.8 Å². The molecule has 0 amide bonds. The second kappa shape index (κ2) is 16.4. The fourth-order valence-corrected chi connectivity index (χ4v) is 3.06. The molecule has 138 valence electrons. The van der Waals surface area contributed by atoms with E-state index in [1.165, 1.54) is 25.7 Å². The first-order valence-corrected chi connectivity index (χ1v) is 9.48. The maximum absolute atomic E-state index is 11.6. The second-order valence-corrected chi connectivity index (χ2v) is 6.73. The number of carboxylic acids is 2. The van der Waals surface area contributed by atoms with E-state index >= 15 is 0 Å². The number of hydrogen-bond donors (Lipinski definition) is 2. The molecule has 0 bridgehead atoms. The summed E-state index contributed by atoms with van der Waals surface area (Å²) in [5, 5.41) is 19.0. The third kappa shape index (κ3) is 10.7. The molecule has 0 rings (SSSR count). The van der Waals surface area contributed by atoms with Crippen molar-refractivity contribution in [3.63, 3.8) is 0 Å². The van der Waals surface area contributed by atoms with Crippen LogP contribution in [0.4, 0.5) is 0 Å². The molecule has 0 aliphatic heterocycles. The van der Waals surface area contributed by atoms with Gasteiger partial charge in [-0.2, -0.15) is 0 Å². The minimum atomic E-state index is -1.57. The van der Waals surface area contributed by atoms with E-state index < -0.39 is 17.4 Å². The Bertz CT molecular complexity index is 299. The summed E-state index contributed by atoms with van der Waals surface area (Å²) in [6.45, 7) is 4.31. The second-order valence-electron chi connectivity index (χ2n) is 6.73. The molecule has 0 radical (unpaired) electrons. The van der Waals surface area contributed by atoms with Gasteiger partial charge in [-0.3, -0.25) is 9.59 Å². The first kappa shape index (κ1) is 26.2. The van der Waals surface area contributed by atoms with E-state index in [2.05, 4.69) is 13.8 Å². The molecular weight excluding hydrogens is 315 g/mol. The van der Waals surface area contributed by atoms with Crippen molar-refractivity contribution < 1.29 is 19.8 Å². The minimum absolute atomic E-state index is 0. The monoisotopic (exact) mass is 352 g/mol. The van der Waals surface area contributed by atoms with Crippen LogP contribution in [0.1, 0.15) is 104 Å². The molecule has 0 saturated carbocycles. The van der Waals surface area contributed by atoms with E-state index in [9.17, 15) is 19.8 Å². The van der Waals surface area contributed by atoms with Gasteiger partial charge in [0.25, 0.3) is 0 Å². The van der Waals surface area contributed by atoms with E-state index in [1.807, 2.05) is 0 Å². The zero-order valence-electron chi connectivity index (χ0n) is 15.1. The molecule has 0 saturated heterocycles. The van der Waals surface area contributed by atoms with Crippen molar-refractivity contribution in [1.82, 2.24) is 0 Å². The quantitative estimate of drug-likeness (QED) is 0.233. The van der Waals surface area contributed by atoms with Crippen molar-refractivity contribution >= 4 is 41.5 Å². The van der Waals surface area contributed by atoms with Crippen LogP contribution in [-0.4, -0.2) is 51.7 Å². The van der Waals surface area contributed by atoms with Crippen molar-refractivity contribution in [2.45, 2.75) is 104 Å². The molecular formula is C19H37NaO4. The number of hydrogen-bond acceptors (Lipinski definition) is 2. The van der Waals surface area contributed by atoms with E-state index in [-0.39, 0.29) is 42.4 Å². The molecule has 0 atom stereocenters. The molecule has 0 heterocycles. The Labute approximate surface area is 170 Å². The van der Waals surface area contributed by atoms with Crippen LogP contribution in [0.25, 0.3) is 0 Å². The molecule has 2 N–H and O–H groups in total. The molecule has 0 aromatic heterocycles. The van der Waals surface area contributed by atoms with Gasteiger partial charge in [0.2, 0.25) is 0 Å². The standard InChI is InChI=1S/C19H36O4.Na.H/c1-3-5-7-9-11-13-15-19(17(20)21,18(22)23)16-14-12-10-8-6-4-2;;/h3-16H2,1-2H3,(H,20,21)(H,22,23);;. The molecule has 4 nitrogen and oxygen atoms in total. The van der Waals surface area contributed by atoms with Gasteiger partial charge in [-0.25, -0.2) is 0 Å². The first-order valence-electron chi connectivity index (χ1n) is 9.48. The van der Waals surface area contributed by atoms with Crippen LogP contribution in [0.5, 0.6) is 0 Å². The van der Waals surface area contributed by atoms with Crippen molar-refractivity contribution in [2.75, 3.05) is 0 Å². The molecule has 24 heavy (non-hydrogen) atoms.